The number of benzene rings is 2. The Hall–Kier alpha value is -4.66. The summed E-state index contributed by atoms with van der Waals surface area (Å²) in [5, 5.41) is 14.1. The molecule has 0 saturated carbocycles. The number of fused-ring (bicyclic) bond motifs is 2. The summed E-state index contributed by atoms with van der Waals surface area (Å²) in [5.74, 6) is -1.10. The van der Waals surface area contributed by atoms with Crippen molar-refractivity contribution < 1.29 is 32.2 Å². The smallest absolute Gasteiger partial charge is 0.322 e. The molecule has 2 aromatic carbocycles. The highest BCUT2D eigenvalue weighted by atomic mass is 35.5. The molecule has 0 aliphatic carbocycles. The minimum absolute atomic E-state index is 0.0163. The van der Waals surface area contributed by atoms with Crippen LogP contribution in [0.25, 0.3) is 0 Å². The minimum atomic E-state index is -4.40. The van der Waals surface area contributed by atoms with Crippen LogP contribution in [-0.4, -0.2) is 81.2 Å². The van der Waals surface area contributed by atoms with Gasteiger partial charge in [-0.05, 0) is 81.1 Å². The summed E-state index contributed by atoms with van der Waals surface area (Å²) in [4.78, 5) is 37.4. The number of carboxylic acids is 1. The van der Waals surface area contributed by atoms with Gasteiger partial charge in [-0.3, -0.25) is 14.1 Å². The maximum Gasteiger partial charge on any atom is 0.322 e. The number of carbonyl (C=O) groups excluding carboxylic acids is 1. The molecule has 0 saturated heterocycles. The van der Waals surface area contributed by atoms with Gasteiger partial charge in [0.15, 0.2) is 11.5 Å². The van der Waals surface area contributed by atoms with Gasteiger partial charge in [0.1, 0.15) is 13.1 Å². The first-order valence-electron chi connectivity index (χ1n) is 18.1. The number of aromatic nitrogens is 3. The van der Waals surface area contributed by atoms with Gasteiger partial charge in [-0.25, -0.2) is 0 Å². The van der Waals surface area contributed by atoms with Crippen molar-refractivity contribution in [1.29, 1.82) is 0 Å². The van der Waals surface area contributed by atoms with Crippen LogP contribution in [-0.2, 0) is 30.5 Å². The van der Waals surface area contributed by atoms with E-state index in [-0.39, 0.29) is 39.8 Å². The second kappa shape index (κ2) is 16.4. The molecule has 0 bridgehead atoms. The van der Waals surface area contributed by atoms with Crippen molar-refractivity contribution in [2.75, 3.05) is 41.7 Å². The van der Waals surface area contributed by atoms with Crippen LogP contribution in [0.3, 0.4) is 0 Å². The number of nitrogens with one attached hydrogen (secondary N) is 2. The Kier molecular flexibility index (Phi) is 12.3. The molecule has 3 heterocycles. The van der Waals surface area contributed by atoms with E-state index in [9.17, 15) is 22.6 Å². The number of Topliss-reactive ketones (excluding diaryl/α,β-unsaturated/α-hetero) is 1. The van der Waals surface area contributed by atoms with Crippen molar-refractivity contribution in [3.63, 3.8) is 0 Å². The quantitative estimate of drug-likeness (QED) is 0.0638. The van der Waals surface area contributed by atoms with Gasteiger partial charge in [-0.1, -0.05) is 44.9 Å². The predicted octanol–water partition coefficient (Wildman–Crippen LogP) is 6.84. The second-order valence-electron chi connectivity index (χ2n) is 14.7. The highest BCUT2D eigenvalue weighted by molar-refractivity contribution is 7.85. The Morgan fingerprint density at radius 3 is 2.31 bits per heavy atom. The second-order valence-corrected chi connectivity index (χ2v) is 16.5. The van der Waals surface area contributed by atoms with E-state index < -0.39 is 28.0 Å². The Balaban J connectivity index is 1.30. The fourth-order valence-electron chi connectivity index (χ4n) is 7.24. The summed E-state index contributed by atoms with van der Waals surface area (Å²) in [6.07, 6.45) is 9.90. The Bertz CT molecular complexity index is 2150. The van der Waals surface area contributed by atoms with Crippen LogP contribution in [0.1, 0.15) is 83.4 Å². The van der Waals surface area contributed by atoms with Gasteiger partial charge < -0.3 is 20.6 Å². The third-order valence-electron chi connectivity index (χ3n) is 9.95. The number of hydrogen-bond donors (Lipinski definition) is 4. The largest absolute Gasteiger partial charge is 0.480 e. The molecule has 0 unspecified atom stereocenters. The van der Waals surface area contributed by atoms with Crippen molar-refractivity contribution in [2.24, 2.45) is 0 Å². The maximum atomic E-state index is 12.7. The van der Waals surface area contributed by atoms with E-state index in [1.165, 1.54) is 28.6 Å². The molecular weight excluding hydrogens is 730 g/mol. The van der Waals surface area contributed by atoms with Crippen molar-refractivity contribution in [3.05, 3.63) is 82.3 Å². The molecule has 0 fully saturated rings. The van der Waals surface area contributed by atoms with E-state index in [0.717, 1.165) is 42.8 Å². The lowest BCUT2D eigenvalue weighted by molar-refractivity contribution is -0.437. The lowest BCUT2D eigenvalue weighted by atomic mass is 9.80. The van der Waals surface area contributed by atoms with E-state index in [2.05, 4.69) is 113 Å². The van der Waals surface area contributed by atoms with Gasteiger partial charge in [0.05, 0.1) is 16.9 Å². The van der Waals surface area contributed by atoms with Crippen LogP contribution in [0.15, 0.2) is 65.2 Å². The van der Waals surface area contributed by atoms with Gasteiger partial charge in [0, 0.05) is 53.9 Å². The molecule has 5 rings (SSSR count). The van der Waals surface area contributed by atoms with E-state index in [0.29, 0.717) is 19.4 Å². The summed E-state index contributed by atoms with van der Waals surface area (Å²) in [6.45, 7) is 14.0. The topological polar surface area (TPSA) is 178 Å². The normalized spacial score (nSPS) is 16.6. The summed E-state index contributed by atoms with van der Waals surface area (Å²) in [5.41, 5.74) is 6.90. The number of halogens is 1. The first-order chi connectivity index (χ1) is 25.4. The number of nitrogens with zero attached hydrogens (tertiary/aromatic N) is 5. The van der Waals surface area contributed by atoms with Gasteiger partial charge in [-0.15, -0.1) is 0 Å². The number of ketones is 1. The van der Waals surface area contributed by atoms with Crippen LogP contribution in [0.4, 0.5) is 23.3 Å². The zero-order valence-corrected chi connectivity index (χ0v) is 33.2. The van der Waals surface area contributed by atoms with Gasteiger partial charge >= 0.3 is 5.97 Å². The molecule has 288 valence electrons. The summed E-state index contributed by atoms with van der Waals surface area (Å²) in [6, 6.07) is 11.4. The number of aryl methyl sites for hydroxylation is 1. The minimum Gasteiger partial charge on any atom is -0.480 e. The van der Waals surface area contributed by atoms with Crippen LogP contribution in [0.2, 0.25) is 5.28 Å². The molecule has 2 aliphatic rings. The average Bonchev–Trinajstić information content (AvgIpc) is 3.43. The summed E-state index contributed by atoms with van der Waals surface area (Å²) < 4.78 is 36.5. The molecular formula is C39H49ClN7O6S+. The molecule has 0 spiro atoms. The third kappa shape index (κ3) is 8.99. The van der Waals surface area contributed by atoms with E-state index >= 15 is 0 Å². The predicted molar refractivity (Wildman–Crippen MR) is 211 cm³/mol. The lowest BCUT2D eigenvalue weighted by Gasteiger charge is -2.27. The molecule has 3 aromatic rings. The van der Waals surface area contributed by atoms with Gasteiger partial charge in [0.2, 0.25) is 22.9 Å². The van der Waals surface area contributed by atoms with Crippen molar-refractivity contribution >= 4 is 62.5 Å². The first-order valence-corrected chi connectivity index (χ1v) is 19.9. The van der Waals surface area contributed by atoms with E-state index in [4.69, 9.17) is 16.7 Å². The fraction of sp³-hybridized carbons (Fsp3) is 0.436. The molecule has 15 heteroatoms. The zero-order valence-electron chi connectivity index (χ0n) is 31.6. The highest BCUT2D eigenvalue weighted by Crippen LogP contribution is 2.49. The average molecular weight is 779 g/mol. The molecule has 0 atom stereocenters. The highest BCUT2D eigenvalue weighted by Gasteiger charge is 2.44. The fourth-order valence-corrected chi connectivity index (χ4v) is 7.90. The van der Waals surface area contributed by atoms with Crippen molar-refractivity contribution in [2.45, 2.75) is 89.4 Å². The number of rotatable bonds is 17. The number of hydrogen-bond acceptors (Lipinski definition) is 10. The van der Waals surface area contributed by atoms with Crippen LogP contribution >= 0.6 is 11.6 Å². The SMILES string of the molecule is CCC[N+]1=C(/C=C/C=C2/N(CCCCCC(=O)CNc3nc(Cl)nc(NCC(=O)O)n3)c3ccc(S(=O)(=O)O)cc3C2(C)C)C(C)(C)c2cc(C)ccc21. The first kappa shape index (κ1) is 40.5. The van der Waals surface area contributed by atoms with Crippen LogP contribution in [0.5, 0.6) is 0 Å². The van der Waals surface area contributed by atoms with E-state index in [1.54, 1.807) is 12.1 Å². The van der Waals surface area contributed by atoms with Crippen LogP contribution < -0.4 is 15.5 Å². The van der Waals surface area contributed by atoms with Crippen molar-refractivity contribution in [1.82, 2.24) is 15.0 Å². The zero-order chi connectivity index (χ0) is 39.4. The number of anilines is 3. The summed E-state index contributed by atoms with van der Waals surface area (Å²) >= 11 is 5.92. The Labute approximate surface area is 322 Å². The van der Waals surface area contributed by atoms with E-state index in [1.807, 2.05) is 0 Å². The molecule has 54 heavy (non-hydrogen) atoms. The number of carbonyl (C=O) groups is 2. The molecule has 1 aromatic heterocycles. The molecule has 4 N–H and O–H groups in total. The molecule has 2 aliphatic heterocycles. The number of carboxylic acid groups (broad SMARTS) is 1. The molecule has 13 nitrogen and oxygen atoms in total. The van der Waals surface area contributed by atoms with Gasteiger partial charge in [0.25, 0.3) is 10.1 Å². The lowest BCUT2D eigenvalue weighted by Crippen LogP contribution is -2.28. The number of allylic oxidation sites excluding steroid dienone is 4. The standard InChI is InChI=1S/C39H48ClN7O6S/c1-7-19-46-30-17-15-25(2)21-28(30)38(3,4)32(46)13-11-14-33-39(5,6)29-22-27(54(51,52)53)16-18-31(29)47(33)20-10-8-9-12-26(48)23-41-36-43-35(40)44-37(45-36)42-24-34(49)50/h11,13-18,21-22H,7-10,12,19-20,23-24H2,1-6H3,(H3-,41,42,43,44,45,49,50,51,52,53)/p+1. The molecule has 0 amide bonds. The maximum absolute atomic E-state index is 12.7. The molecule has 0 radical (unpaired) electrons. The van der Waals surface area contributed by atoms with Crippen molar-refractivity contribution in [3.8, 4) is 0 Å². The van der Waals surface area contributed by atoms with Gasteiger partial charge in [-0.2, -0.15) is 27.9 Å². The van der Waals surface area contributed by atoms with Crippen LogP contribution in [0, 0.1) is 6.92 Å². The third-order valence-corrected chi connectivity index (χ3v) is 11.0. The monoisotopic (exact) mass is 778 g/mol. The number of aliphatic carboxylic acids is 1. The summed E-state index contributed by atoms with van der Waals surface area (Å²) in [7, 11) is -4.40. The Morgan fingerprint density at radius 2 is 1.65 bits per heavy atom. The number of unbranched alkanes of at least 4 members (excludes halogenated alkanes) is 2. The Morgan fingerprint density at radius 1 is 0.944 bits per heavy atom.